The molecular formula is C18H19N3O5. The number of amides is 1. The van der Waals surface area contributed by atoms with E-state index in [1.54, 1.807) is 13.2 Å². The van der Waals surface area contributed by atoms with Crippen LogP contribution in [0.4, 0.5) is 0 Å². The van der Waals surface area contributed by atoms with Gasteiger partial charge >= 0.3 is 5.97 Å². The highest BCUT2D eigenvalue weighted by molar-refractivity contribution is 5.92. The van der Waals surface area contributed by atoms with Gasteiger partial charge in [-0.15, -0.1) is 0 Å². The first-order valence-corrected chi connectivity index (χ1v) is 8.08. The van der Waals surface area contributed by atoms with Gasteiger partial charge in [-0.25, -0.2) is 4.98 Å². The molecule has 0 aliphatic carbocycles. The van der Waals surface area contributed by atoms with Crippen molar-refractivity contribution in [2.24, 2.45) is 0 Å². The number of carbonyl (C=O) groups is 2. The summed E-state index contributed by atoms with van der Waals surface area (Å²) in [7, 11) is 3.06. The van der Waals surface area contributed by atoms with Crippen molar-refractivity contribution in [2.45, 2.75) is 18.9 Å². The average molecular weight is 357 g/mol. The van der Waals surface area contributed by atoms with E-state index in [4.69, 9.17) is 9.47 Å². The van der Waals surface area contributed by atoms with Crippen molar-refractivity contribution >= 4 is 11.9 Å². The second-order valence-corrected chi connectivity index (χ2v) is 5.86. The summed E-state index contributed by atoms with van der Waals surface area (Å²) in [5.74, 6) is -0.260. The normalized spacial score (nSPS) is 15.9. The topological polar surface area (TPSA) is 102 Å². The molecular weight excluding hydrogens is 338 g/mol. The zero-order valence-corrected chi connectivity index (χ0v) is 14.5. The molecule has 0 saturated carbocycles. The van der Waals surface area contributed by atoms with Crippen LogP contribution in [0.2, 0.25) is 0 Å². The van der Waals surface area contributed by atoms with Crippen LogP contribution in [0.25, 0.3) is 0 Å². The maximum absolute atomic E-state index is 12.9. The predicted molar refractivity (Wildman–Crippen MR) is 91.3 cm³/mol. The maximum Gasteiger partial charge on any atom is 0.305 e. The van der Waals surface area contributed by atoms with Crippen molar-refractivity contribution < 1.29 is 24.2 Å². The van der Waals surface area contributed by atoms with Crippen molar-refractivity contribution in [3.05, 3.63) is 47.5 Å². The fourth-order valence-electron chi connectivity index (χ4n) is 3.21. The van der Waals surface area contributed by atoms with Gasteiger partial charge in [-0.1, -0.05) is 0 Å². The summed E-state index contributed by atoms with van der Waals surface area (Å²) >= 11 is 0. The van der Waals surface area contributed by atoms with Crippen LogP contribution in [0, 0.1) is 0 Å². The average Bonchev–Trinajstić information content (AvgIpc) is 2.67. The third-order valence-corrected chi connectivity index (χ3v) is 4.41. The molecule has 1 aliphatic heterocycles. The van der Waals surface area contributed by atoms with E-state index in [0.717, 1.165) is 11.1 Å². The van der Waals surface area contributed by atoms with Gasteiger partial charge in [0.1, 0.15) is 5.69 Å². The highest BCUT2D eigenvalue weighted by Gasteiger charge is 2.34. The van der Waals surface area contributed by atoms with Crippen molar-refractivity contribution in [2.75, 3.05) is 20.8 Å². The van der Waals surface area contributed by atoms with Crippen molar-refractivity contribution in [1.29, 1.82) is 0 Å². The van der Waals surface area contributed by atoms with Crippen LogP contribution in [0.15, 0.2) is 30.7 Å². The van der Waals surface area contributed by atoms with Gasteiger partial charge in [-0.05, 0) is 29.7 Å². The van der Waals surface area contributed by atoms with Gasteiger partial charge in [0, 0.05) is 18.9 Å². The van der Waals surface area contributed by atoms with Crippen LogP contribution in [-0.2, 0) is 11.2 Å². The van der Waals surface area contributed by atoms with E-state index in [9.17, 15) is 14.7 Å². The Bertz CT molecular complexity index is 825. The fraction of sp³-hybridized carbons (Fsp3) is 0.333. The smallest absolute Gasteiger partial charge is 0.305 e. The summed E-state index contributed by atoms with van der Waals surface area (Å²) < 4.78 is 10.7. The lowest BCUT2D eigenvalue weighted by atomic mass is 9.89. The molecule has 3 rings (SSSR count). The number of carbonyl (C=O) groups excluding carboxylic acids is 1. The lowest BCUT2D eigenvalue weighted by molar-refractivity contribution is -0.138. The third-order valence-electron chi connectivity index (χ3n) is 4.41. The van der Waals surface area contributed by atoms with Crippen LogP contribution >= 0.6 is 0 Å². The minimum absolute atomic E-state index is 0.187. The monoisotopic (exact) mass is 357 g/mol. The maximum atomic E-state index is 12.9. The number of methoxy groups -OCH3 is 2. The fourth-order valence-corrected chi connectivity index (χ4v) is 3.21. The molecule has 0 saturated heterocycles. The van der Waals surface area contributed by atoms with E-state index < -0.39 is 12.0 Å². The van der Waals surface area contributed by atoms with E-state index in [1.807, 2.05) is 6.07 Å². The van der Waals surface area contributed by atoms with Crippen LogP contribution in [0.3, 0.4) is 0 Å². The molecule has 0 radical (unpaired) electrons. The van der Waals surface area contributed by atoms with Gasteiger partial charge in [-0.2, -0.15) is 0 Å². The van der Waals surface area contributed by atoms with Crippen LogP contribution < -0.4 is 9.47 Å². The van der Waals surface area contributed by atoms with Gasteiger partial charge in [0.15, 0.2) is 11.5 Å². The molecule has 136 valence electrons. The summed E-state index contributed by atoms with van der Waals surface area (Å²) in [5, 5.41) is 9.37. The van der Waals surface area contributed by atoms with Crippen LogP contribution in [0.1, 0.15) is 34.1 Å². The predicted octanol–water partition coefficient (Wildman–Crippen LogP) is 1.71. The second kappa shape index (κ2) is 7.38. The molecule has 1 aromatic heterocycles. The number of carboxylic acids is 1. The van der Waals surface area contributed by atoms with E-state index in [0.29, 0.717) is 24.5 Å². The Balaban J connectivity index is 2.04. The molecule has 0 bridgehead atoms. The molecule has 1 aromatic carbocycles. The number of aromatic nitrogens is 2. The summed E-state index contributed by atoms with van der Waals surface area (Å²) in [4.78, 5) is 33.8. The molecule has 1 aliphatic rings. The van der Waals surface area contributed by atoms with E-state index >= 15 is 0 Å². The van der Waals surface area contributed by atoms with Gasteiger partial charge < -0.3 is 19.5 Å². The van der Waals surface area contributed by atoms with Crippen LogP contribution in [0.5, 0.6) is 11.5 Å². The first-order chi connectivity index (χ1) is 12.5. The molecule has 0 spiro atoms. The lowest BCUT2D eigenvalue weighted by Crippen LogP contribution is -2.41. The van der Waals surface area contributed by atoms with Crippen molar-refractivity contribution in [3.63, 3.8) is 0 Å². The van der Waals surface area contributed by atoms with Crippen molar-refractivity contribution in [1.82, 2.24) is 14.9 Å². The molecule has 8 heteroatoms. The highest BCUT2D eigenvalue weighted by Crippen LogP contribution is 2.39. The molecule has 1 atom stereocenters. The van der Waals surface area contributed by atoms with E-state index in [-0.39, 0.29) is 18.0 Å². The first-order valence-electron chi connectivity index (χ1n) is 8.08. The molecule has 2 aromatic rings. The SMILES string of the molecule is COc1cc2c(cc1OC)C(CC(=O)O)N(C(=O)c1cnccn1)CC2. The molecule has 1 amide bonds. The number of carboxylic acid groups (broad SMARTS) is 1. The minimum atomic E-state index is -0.991. The standard InChI is InChI=1S/C18H19N3O5/c1-25-15-7-11-3-6-21(18(24)13-10-19-4-5-20-13)14(9-17(22)23)12(11)8-16(15)26-2/h4-5,7-8,10,14H,3,6,9H2,1-2H3,(H,22,23). The Kier molecular flexibility index (Phi) is 5.01. The van der Waals surface area contributed by atoms with Gasteiger partial charge in [0.05, 0.1) is 32.9 Å². The molecule has 0 fully saturated rings. The minimum Gasteiger partial charge on any atom is -0.493 e. The van der Waals surface area contributed by atoms with Crippen molar-refractivity contribution in [3.8, 4) is 11.5 Å². The zero-order valence-electron chi connectivity index (χ0n) is 14.5. The quantitative estimate of drug-likeness (QED) is 0.869. The number of fused-ring (bicyclic) bond motifs is 1. The van der Waals surface area contributed by atoms with Gasteiger partial charge in [0.2, 0.25) is 0 Å². The number of hydrogen-bond acceptors (Lipinski definition) is 6. The Morgan fingerprint density at radius 3 is 2.58 bits per heavy atom. The Morgan fingerprint density at radius 1 is 1.23 bits per heavy atom. The number of ether oxygens (including phenoxy) is 2. The van der Waals surface area contributed by atoms with Crippen LogP contribution in [-0.4, -0.2) is 52.6 Å². The number of benzene rings is 1. The largest absolute Gasteiger partial charge is 0.493 e. The highest BCUT2D eigenvalue weighted by atomic mass is 16.5. The Hall–Kier alpha value is -3.16. The molecule has 8 nitrogen and oxygen atoms in total. The van der Waals surface area contributed by atoms with Gasteiger partial charge in [0.25, 0.3) is 5.91 Å². The second-order valence-electron chi connectivity index (χ2n) is 5.86. The molecule has 2 heterocycles. The summed E-state index contributed by atoms with van der Waals surface area (Å²) in [6.45, 7) is 0.385. The molecule has 1 N–H and O–H groups in total. The first kappa shape index (κ1) is 17.7. The summed E-state index contributed by atoms with van der Waals surface area (Å²) in [5.41, 5.74) is 1.87. The Morgan fingerprint density at radius 2 is 1.96 bits per heavy atom. The lowest BCUT2D eigenvalue weighted by Gasteiger charge is -2.37. The van der Waals surface area contributed by atoms with E-state index in [1.165, 1.54) is 30.6 Å². The van der Waals surface area contributed by atoms with Gasteiger partial charge in [-0.3, -0.25) is 14.6 Å². The number of hydrogen-bond donors (Lipinski definition) is 1. The number of nitrogens with zero attached hydrogens (tertiary/aromatic N) is 3. The Labute approximate surface area is 150 Å². The third kappa shape index (κ3) is 3.30. The summed E-state index contributed by atoms with van der Waals surface area (Å²) in [6, 6.07) is 2.97. The number of rotatable bonds is 5. The zero-order chi connectivity index (χ0) is 18.7. The van der Waals surface area contributed by atoms with E-state index in [2.05, 4.69) is 9.97 Å². The molecule has 26 heavy (non-hydrogen) atoms. The summed E-state index contributed by atoms with van der Waals surface area (Å²) in [6.07, 6.45) is 4.66. The molecule has 1 unspecified atom stereocenters. The number of aliphatic carboxylic acids is 1.